The Kier molecular flexibility index (Phi) is 5.30. The molecule has 19 heavy (non-hydrogen) atoms. The molecule has 1 aliphatic heterocycles. The van der Waals surface area contributed by atoms with Crippen LogP contribution in [0.2, 0.25) is 0 Å². The Morgan fingerprint density at radius 3 is 2.58 bits per heavy atom. The molecule has 110 valence electrons. The van der Waals surface area contributed by atoms with E-state index in [1.807, 2.05) is 6.92 Å². The highest BCUT2D eigenvalue weighted by molar-refractivity contribution is 7.88. The second-order valence-electron chi connectivity index (χ2n) is 4.72. The van der Waals surface area contributed by atoms with Gasteiger partial charge in [0.05, 0.1) is 6.26 Å². The zero-order valence-electron chi connectivity index (χ0n) is 11.1. The van der Waals surface area contributed by atoms with E-state index in [2.05, 4.69) is 5.32 Å². The van der Waals surface area contributed by atoms with E-state index in [-0.39, 0.29) is 0 Å². The van der Waals surface area contributed by atoms with Gasteiger partial charge in [0.2, 0.25) is 15.9 Å². The fraction of sp³-hybridized carbons (Fsp3) is 0.818. The molecule has 1 aliphatic rings. The predicted octanol–water partition coefficient (Wildman–Crippen LogP) is -0.220. The lowest BCUT2D eigenvalue weighted by atomic mass is 10.1. The fourth-order valence-corrected chi connectivity index (χ4v) is 3.34. The van der Waals surface area contributed by atoms with Crippen LogP contribution in [0.3, 0.4) is 0 Å². The van der Waals surface area contributed by atoms with Crippen molar-refractivity contribution in [3.8, 4) is 0 Å². The van der Waals surface area contributed by atoms with Gasteiger partial charge in [-0.25, -0.2) is 13.2 Å². The number of nitrogens with one attached hydrogen (secondary N) is 1. The number of hydrogen-bond acceptors (Lipinski definition) is 4. The number of sulfonamides is 1. The highest BCUT2D eigenvalue weighted by atomic mass is 32.2. The molecule has 1 amide bonds. The molecular formula is C11H20N2O5S. The number of carbonyl (C=O) groups is 2. The molecule has 0 saturated carbocycles. The van der Waals surface area contributed by atoms with Gasteiger partial charge in [0.15, 0.2) is 0 Å². The van der Waals surface area contributed by atoms with Crippen LogP contribution in [0, 0.1) is 0 Å². The topological polar surface area (TPSA) is 104 Å². The van der Waals surface area contributed by atoms with Crippen molar-refractivity contribution in [3.63, 3.8) is 0 Å². The van der Waals surface area contributed by atoms with Crippen molar-refractivity contribution < 1.29 is 23.1 Å². The van der Waals surface area contributed by atoms with Crippen LogP contribution in [-0.2, 0) is 19.6 Å². The van der Waals surface area contributed by atoms with Crippen molar-refractivity contribution in [3.05, 3.63) is 0 Å². The van der Waals surface area contributed by atoms with E-state index >= 15 is 0 Å². The summed E-state index contributed by atoms with van der Waals surface area (Å²) < 4.78 is 24.2. The third-order valence-corrected chi connectivity index (χ3v) is 4.41. The van der Waals surface area contributed by atoms with E-state index in [1.165, 1.54) is 0 Å². The molecule has 0 aliphatic carbocycles. The van der Waals surface area contributed by atoms with Crippen LogP contribution < -0.4 is 5.32 Å². The number of nitrogens with zero attached hydrogens (tertiary/aromatic N) is 1. The Morgan fingerprint density at radius 1 is 1.47 bits per heavy atom. The summed E-state index contributed by atoms with van der Waals surface area (Å²) in [6.07, 6.45) is 3.04. The maximum atomic E-state index is 12.0. The molecule has 0 aromatic carbocycles. The summed E-state index contributed by atoms with van der Waals surface area (Å²) in [6.45, 7) is 2.13. The van der Waals surface area contributed by atoms with Crippen molar-refractivity contribution >= 4 is 21.9 Å². The summed E-state index contributed by atoms with van der Waals surface area (Å²) in [6, 6.07) is -1.74. The third-order valence-electron chi connectivity index (χ3n) is 3.12. The van der Waals surface area contributed by atoms with Gasteiger partial charge in [0.25, 0.3) is 0 Å². The van der Waals surface area contributed by atoms with Crippen LogP contribution in [-0.4, -0.2) is 54.6 Å². The summed E-state index contributed by atoms with van der Waals surface area (Å²) in [7, 11) is -3.44. The molecule has 0 bridgehead atoms. The van der Waals surface area contributed by atoms with Crippen LogP contribution in [0.15, 0.2) is 0 Å². The lowest BCUT2D eigenvalue weighted by molar-refractivity contribution is -0.142. The van der Waals surface area contributed by atoms with Gasteiger partial charge in [-0.2, -0.15) is 4.31 Å². The summed E-state index contributed by atoms with van der Waals surface area (Å²) in [5.74, 6) is -1.62. The van der Waals surface area contributed by atoms with E-state index in [0.717, 1.165) is 10.6 Å². The van der Waals surface area contributed by atoms with E-state index in [4.69, 9.17) is 5.11 Å². The monoisotopic (exact) mass is 292 g/mol. The fourth-order valence-electron chi connectivity index (χ4n) is 2.21. The number of hydrogen-bond donors (Lipinski definition) is 2. The zero-order chi connectivity index (χ0) is 14.6. The number of carbonyl (C=O) groups excluding carboxylic acids is 1. The Morgan fingerprint density at radius 2 is 2.11 bits per heavy atom. The standard InChI is InChI=1S/C11H20N2O5S/c1-3-5-8(11(15)16)12-10(14)9-6-4-7-13(9)19(2,17)18/h8-9H,3-7H2,1-2H3,(H,12,14)(H,15,16)/t8-,9-/m0/s1. The van der Waals surface area contributed by atoms with E-state index in [0.29, 0.717) is 32.2 Å². The molecule has 0 aromatic heterocycles. The molecule has 1 fully saturated rings. The molecule has 1 rings (SSSR count). The number of carboxylic acid groups (broad SMARTS) is 1. The minimum absolute atomic E-state index is 0.308. The Hall–Kier alpha value is -1.15. The maximum Gasteiger partial charge on any atom is 0.326 e. The molecule has 0 spiro atoms. The first-order chi connectivity index (χ1) is 8.77. The average molecular weight is 292 g/mol. The van der Waals surface area contributed by atoms with E-state index < -0.39 is 34.0 Å². The van der Waals surface area contributed by atoms with Crippen molar-refractivity contribution in [1.29, 1.82) is 0 Å². The normalized spacial score (nSPS) is 22.1. The van der Waals surface area contributed by atoms with Gasteiger partial charge in [-0.05, 0) is 19.3 Å². The first-order valence-electron chi connectivity index (χ1n) is 6.27. The number of rotatable bonds is 6. The zero-order valence-corrected chi connectivity index (χ0v) is 11.9. The van der Waals surface area contributed by atoms with Crippen molar-refractivity contribution in [2.75, 3.05) is 12.8 Å². The molecular weight excluding hydrogens is 272 g/mol. The molecule has 2 N–H and O–H groups in total. The summed E-state index contributed by atoms with van der Waals surface area (Å²) >= 11 is 0. The van der Waals surface area contributed by atoms with Crippen LogP contribution in [0.25, 0.3) is 0 Å². The Bertz CT molecular complexity index is 448. The van der Waals surface area contributed by atoms with Gasteiger partial charge >= 0.3 is 5.97 Å². The largest absolute Gasteiger partial charge is 0.480 e. The van der Waals surface area contributed by atoms with Gasteiger partial charge in [0, 0.05) is 6.54 Å². The first kappa shape index (κ1) is 15.9. The van der Waals surface area contributed by atoms with Gasteiger partial charge in [-0.3, -0.25) is 4.79 Å². The number of carboxylic acids is 1. The van der Waals surface area contributed by atoms with Crippen molar-refractivity contribution in [2.24, 2.45) is 0 Å². The summed E-state index contributed by atoms with van der Waals surface area (Å²) in [5.41, 5.74) is 0. The minimum atomic E-state index is -3.44. The molecule has 0 unspecified atom stereocenters. The number of aliphatic carboxylic acids is 1. The minimum Gasteiger partial charge on any atom is -0.480 e. The third kappa shape index (κ3) is 4.17. The van der Waals surface area contributed by atoms with Gasteiger partial charge in [-0.1, -0.05) is 13.3 Å². The lowest BCUT2D eigenvalue weighted by Crippen LogP contribution is -2.50. The summed E-state index contributed by atoms with van der Waals surface area (Å²) in [5, 5.41) is 11.4. The highest BCUT2D eigenvalue weighted by Crippen LogP contribution is 2.20. The van der Waals surface area contributed by atoms with Gasteiger partial charge < -0.3 is 10.4 Å². The van der Waals surface area contributed by atoms with E-state index in [1.54, 1.807) is 0 Å². The highest BCUT2D eigenvalue weighted by Gasteiger charge is 2.37. The number of amides is 1. The van der Waals surface area contributed by atoms with Crippen LogP contribution in [0.4, 0.5) is 0 Å². The van der Waals surface area contributed by atoms with Gasteiger partial charge in [-0.15, -0.1) is 0 Å². The SMILES string of the molecule is CCC[C@H](NC(=O)[C@@H]1CCCN1S(C)(=O)=O)C(=O)O. The molecule has 1 heterocycles. The molecule has 7 nitrogen and oxygen atoms in total. The molecule has 0 aromatic rings. The van der Waals surface area contributed by atoms with Gasteiger partial charge in [0.1, 0.15) is 12.1 Å². The van der Waals surface area contributed by atoms with Crippen LogP contribution in [0.1, 0.15) is 32.6 Å². The second-order valence-corrected chi connectivity index (χ2v) is 6.65. The van der Waals surface area contributed by atoms with Crippen LogP contribution >= 0.6 is 0 Å². The van der Waals surface area contributed by atoms with Crippen molar-refractivity contribution in [2.45, 2.75) is 44.7 Å². The maximum absolute atomic E-state index is 12.0. The Balaban J connectivity index is 2.74. The molecule has 8 heteroatoms. The quantitative estimate of drug-likeness (QED) is 0.704. The van der Waals surface area contributed by atoms with Crippen molar-refractivity contribution in [1.82, 2.24) is 9.62 Å². The van der Waals surface area contributed by atoms with Crippen LogP contribution in [0.5, 0.6) is 0 Å². The molecule has 2 atom stereocenters. The second kappa shape index (κ2) is 6.33. The molecule has 1 saturated heterocycles. The smallest absolute Gasteiger partial charge is 0.326 e. The summed E-state index contributed by atoms with van der Waals surface area (Å²) in [4.78, 5) is 23.0. The predicted molar refractivity (Wildman–Crippen MR) is 69.0 cm³/mol. The first-order valence-corrected chi connectivity index (χ1v) is 8.12. The average Bonchev–Trinajstić information content (AvgIpc) is 2.76. The Labute approximate surface area is 113 Å². The van der Waals surface area contributed by atoms with E-state index in [9.17, 15) is 18.0 Å². The lowest BCUT2D eigenvalue weighted by Gasteiger charge is -2.23. The molecule has 0 radical (unpaired) electrons.